The SMILES string of the molecule is Cc1cc(Nc2nccc(C3CC3)n2)cc(-c2cnc(C3(O)CCC3)s2)c1. The van der Waals surface area contributed by atoms with Gasteiger partial charge in [-0.15, -0.1) is 11.3 Å². The number of hydrogen-bond acceptors (Lipinski definition) is 6. The van der Waals surface area contributed by atoms with E-state index in [0.29, 0.717) is 11.9 Å². The van der Waals surface area contributed by atoms with Crippen molar-refractivity contribution in [3.63, 3.8) is 0 Å². The molecule has 5 rings (SSSR count). The van der Waals surface area contributed by atoms with Crippen molar-refractivity contribution in [2.45, 2.75) is 50.5 Å². The minimum atomic E-state index is -0.703. The van der Waals surface area contributed by atoms with Crippen LogP contribution in [0.15, 0.2) is 36.7 Å². The number of aromatic nitrogens is 3. The van der Waals surface area contributed by atoms with Crippen LogP contribution >= 0.6 is 11.3 Å². The van der Waals surface area contributed by atoms with Crippen molar-refractivity contribution in [2.24, 2.45) is 0 Å². The Bertz CT molecular complexity index is 991. The summed E-state index contributed by atoms with van der Waals surface area (Å²) in [4.78, 5) is 14.6. The van der Waals surface area contributed by atoms with Gasteiger partial charge in [-0.25, -0.2) is 15.0 Å². The first-order valence-corrected chi connectivity index (χ1v) is 10.3. The lowest BCUT2D eigenvalue weighted by molar-refractivity contribution is -0.0389. The van der Waals surface area contributed by atoms with Crippen molar-refractivity contribution in [1.82, 2.24) is 15.0 Å². The standard InChI is InChI=1S/C21H22N4OS/c1-13-9-15(18-12-23-19(27-18)21(26)6-2-7-21)11-16(10-13)24-20-22-8-5-17(25-20)14-3-4-14/h5,8-12,14,26H,2-4,6-7H2,1H3,(H,22,24,25). The van der Waals surface area contributed by atoms with Gasteiger partial charge in [0.15, 0.2) is 0 Å². The number of aryl methyl sites for hydroxylation is 1. The number of thiazole rings is 1. The van der Waals surface area contributed by atoms with E-state index in [0.717, 1.165) is 51.7 Å². The van der Waals surface area contributed by atoms with E-state index in [4.69, 9.17) is 0 Å². The highest BCUT2D eigenvalue weighted by Crippen LogP contribution is 2.44. The van der Waals surface area contributed by atoms with Gasteiger partial charge in [0.05, 0.1) is 4.88 Å². The summed E-state index contributed by atoms with van der Waals surface area (Å²) < 4.78 is 0. The van der Waals surface area contributed by atoms with Crippen LogP contribution in [0.3, 0.4) is 0 Å². The molecule has 2 fully saturated rings. The number of rotatable bonds is 5. The zero-order chi connectivity index (χ0) is 18.4. The van der Waals surface area contributed by atoms with Gasteiger partial charge in [-0.2, -0.15) is 0 Å². The molecule has 2 aromatic heterocycles. The summed E-state index contributed by atoms with van der Waals surface area (Å²) in [7, 11) is 0. The lowest BCUT2D eigenvalue weighted by Crippen LogP contribution is -2.33. The number of nitrogens with one attached hydrogen (secondary N) is 1. The van der Waals surface area contributed by atoms with E-state index < -0.39 is 5.60 Å². The molecule has 0 amide bonds. The summed E-state index contributed by atoms with van der Waals surface area (Å²) in [5, 5.41) is 14.7. The third-order valence-corrected chi connectivity index (χ3v) is 6.61. The van der Waals surface area contributed by atoms with Crippen LogP contribution in [0.5, 0.6) is 0 Å². The van der Waals surface area contributed by atoms with Gasteiger partial charge in [-0.1, -0.05) is 6.07 Å². The average Bonchev–Trinajstić information content (AvgIpc) is 3.36. The van der Waals surface area contributed by atoms with Crippen molar-refractivity contribution < 1.29 is 5.11 Å². The van der Waals surface area contributed by atoms with Gasteiger partial charge >= 0.3 is 0 Å². The molecular formula is C21H22N4OS. The number of anilines is 2. The molecule has 2 saturated carbocycles. The van der Waals surface area contributed by atoms with Crippen LogP contribution < -0.4 is 5.32 Å². The Morgan fingerprint density at radius 2 is 2.04 bits per heavy atom. The molecule has 0 spiro atoms. The molecule has 0 radical (unpaired) electrons. The van der Waals surface area contributed by atoms with Gasteiger partial charge in [0.25, 0.3) is 0 Å². The molecule has 2 aliphatic carbocycles. The summed E-state index contributed by atoms with van der Waals surface area (Å²) in [6.45, 7) is 2.08. The van der Waals surface area contributed by atoms with Gasteiger partial charge in [0, 0.05) is 29.7 Å². The molecule has 2 aliphatic rings. The predicted molar refractivity (Wildman–Crippen MR) is 107 cm³/mol. The molecule has 5 nitrogen and oxygen atoms in total. The summed E-state index contributed by atoms with van der Waals surface area (Å²) >= 11 is 1.59. The maximum Gasteiger partial charge on any atom is 0.227 e. The van der Waals surface area contributed by atoms with Crippen LogP contribution in [0.25, 0.3) is 10.4 Å². The molecule has 1 aromatic carbocycles. The predicted octanol–water partition coefficient (Wildman–Crippen LogP) is 4.90. The summed E-state index contributed by atoms with van der Waals surface area (Å²) in [5.41, 5.74) is 3.65. The number of hydrogen-bond donors (Lipinski definition) is 2. The Morgan fingerprint density at radius 3 is 2.78 bits per heavy atom. The second-order valence-corrected chi connectivity index (χ2v) is 8.74. The monoisotopic (exact) mass is 378 g/mol. The second-order valence-electron chi connectivity index (χ2n) is 7.71. The van der Waals surface area contributed by atoms with E-state index in [-0.39, 0.29) is 0 Å². The number of aliphatic hydroxyl groups is 1. The molecule has 0 bridgehead atoms. The molecule has 6 heteroatoms. The minimum Gasteiger partial charge on any atom is -0.383 e. The third kappa shape index (κ3) is 3.35. The smallest absolute Gasteiger partial charge is 0.227 e. The number of nitrogens with zero attached hydrogens (tertiary/aromatic N) is 3. The zero-order valence-electron chi connectivity index (χ0n) is 15.3. The van der Waals surface area contributed by atoms with Crippen LogP contribution in [0.4, 0.5) is 11.6 Å². The Balaban J connectivity index is 1.42. The topological polar surface area (TPSA) is 70.9 Å². The first-order valence-electron chi connectivity index (χ1n) is 9.50. The Morgan fingerprint density at radius 1 is 1.19 bits per heavy atom. The van der Waals surface area contributed by atoms with Crippen molar-refractivity contribution in [3.05, 3.63) is 52.9 Å². The molecular weight excluding hydrogens is 356 g/mol. The van der Waals surface area contributed by atoms with Crippen LogP contribution in [0.2, 0.25) is 0 Å². The zero-order valence-corrected chi connectivity index (χ0v) is 16.1. The Labute approximate surface area is 162 Å². The van der Waals surface area contributed by atoms with Gasteiger partial charge < -0.3 is 10.4 Å². The van der Waals surface area contributed by atoms with Crippen molar-refractivity contribution in [1.29, 1.82) is 0 Å². The first-order chi connectivity index (χ1) is 13.1. The normalized spacial score (nSPS) is 18.1. The molecule has 3 aromatic rings. The molecule has 2 N–H and O–H groups in total. The molecule has 0 atom stereocenters. The quantitative estimate of drug-likeness (QED) is 0.661. The Kier molecular flexibility index (Phi) is 3.98. The first kappa shape index (κ1) is 16.8. The van der Waals surface area contributed by atoms with Crippen LogP contribution in [0, 0.1) is 6.92 Å². The number of benzene rings is 1. The lowest BCUT2D eigenvalue weighted by atomic mass is 9.81. The molecule has 0 unspecified atom stereocenters. The highest BCUT2D eigenvalue weighted by atomic mass is 32.1. The van der Waals surface area contributed by atoms with Gasteiger partial charge in [-0.3, -0.25) is 0 Å². The third-order valence-electron chi connectivity index (χ3n) is 5.38. The van der Waals surface area contributed by atoms with E-state index in [9.17, 15) is 5.11 Å². The molecule has 0 aliphatic heterocycles. The largest absolute Gasteiger partial charge is 0.383 e. The summed E-state index contributed by atoms with van der Waals surface area (Å²) in [6.07, 6.45) is 8.86. The minimum absolute atomic E-state index is 0.606. The van der Waals surface area contributed by atoms with Crippen LogP contribution in [-0.2, 0) is 5.60 Å². The fourth-order valence-corrected chi connectivity index (χ4v) is 4.56. The summed E-state index contributed by atoms with van der Waals surface area (Å²) in [5.74, 6) is 1.25. The lowest BCUT2D eigenvalue weighted by Gasteiger charge is -2.34. The highest BCUT2D eigenvalue weighted by Gasteiger charge is 2.39. The van der Waals surface area contributed by atoms with E-state index in [1.807, 2.05) is 18.5 Å². The van der Waals surface area contributed by atoms with E-state index in [1.54, 1.807) is 11.3 Å². The molecule has 27 heavy (non-hydrogen) atoms. The van der Waals surface area contributed by atoms with Gasteiger partial charge in [-0.05, 0) is 68.4 Å². The van der Waals surface area contributed by atoms with Gasteiger partial charge in [0.2, 0.25) is 5.95 Å². The van der Waals surface area contributed by atoms with E-state index in [2.05, 4.69) is 45.4 Å². The van der Waals surface area contributed by atoms with Crippen molar-refractivity contribution in [3.8, 4) is 10.4 Å². The molecule has 138 valence electrons. The van der Waals surface area contributed by atoms with Crippen molar-refractivity contribution >= 4 is 23.0 Å². The molecule has 0 saturated heterocycles. The molecule has 2 heterocycles. The Hall–Kier alpha value is -2.31. The van der Waals surface area contributed by atoms with Crippen LogP contribution in [0.1, 0.15) is 54.3 Å². The average molecular weight is 379 g/mol. The summed E-state index contributed by atoms with van der Waals surface area (Å²) in [6, 6.07) is 8.35. The fraction of sp³-hybridized carbons (Fsp3) is 0.381. The van der Waals surface area contributed by atoms with E-state index >= 15 is 0 Å². The van der Waals surface area contributed by atoms with Gasteiger partial charge in [0.1, 0.15) is 10.6 Å². The van der Waals surface area contributed by atoms with E-state index in [1.165, 1.54) is 12.8 Å². The van der Waals surface area contributed by atoms with Crippen molar-refractivity contribution in [2.75, 3.05) is 5.32 Å². The maximum absolute atomic E-state index is 10.5. The second kappa shape index (κ2) is 6.39. The maximum atomic E-state index is 10.5. The van der Waals surface area contributed by atoms with Crippen LogP contribution in [-0.4, -0.2) is 20.1 Å². The highest BCUT2D eigenvalue weighted by molar-refractivity contribution is 7.15. The fourth-order valence-electron chi connectivity index (χ4n) is 3.51.